The molecular formula is C19H11Cl2NO3S. The van der Waals surface area contributed by atoms with E-state index in [1.165, 1.54) is 11.3 Å². The minimum Gasteiger partial charge on any atom is -0.480 e. The molecule has 7 heteroatoms. The second kappa shape index (κ2) is 7.11. The first-order valence-corrected chi connectivity index (χ1v) is 9.24. The summed E-state index contributed by atoms with van der Waals surface area (Å²) in [6.07, 6.45) is 1.62. The Morgan fingerprint density at radius 1 is 1.08 bits per heavy atom. The highest BCUT2D eigenvalue weighted by Gasteiger charge is 2.19. The fraction of sp³-hybridized carbons (Fsp3) is 0.0526. The van der Waals surface area contributed by atoms with Gasteiger partial charge in [0.05, 0.1) is 15.3 Å². The summed E-state index contributed by atoms with van der Waals surface area (Å²) in [5.74, 6) is 0.413. The highest BCUT2D eigenvalue weighted by Crippen LogP contribution is 2.35. The molecule has 0 unspecified atom stereocenters. The molecule has 2 aromatic carbocycles. The molecule has 4 aromatic rings. The molecule has 0 bridgehead atoms. The fourth-order valence-corrected chi connectivity index (χ4v) is 3.69. The molecule has 0 aliphatic rings. The third kappa shape index (κ3) is 3.21. The number of hydrogen-bond donors (Lipinski definition) is 0. The fourth-order valence-electron chi connectivity index (χ4n) is 2.57. The molecule has 0 aliphatic heterocycles. The van der Waals surface area contributed by atoms with Gasteiger partial charge in [-0.25, -0.2) is 4.98 Å². The number of hydrogen-bond acceptors (Lipinski definition) is 5. The largest absolute Gasteiger partial charge is 0.480 e. The van der Waals surface area contributed by atoms with Crippen LogP contribution in [0.1, 0.15) is 4.88 Å². The highest BCUT2D eigenvalue weighted by molar-refractivity contribution is 7.15. The van der Waals surface area contributed by atoms with E-state index in [-0.39, 0.29) is 17.8 Å². The molecule has 2 aromatic heterocycles. The van der Waals surface area contributed by atoms with Crippen molar-refractivity contribution in [3.63, 3.8) is 0 Å². The van der Waals surface area contributed by atoms with Crippen LogP contribution in [0, 0.1) is 0 Å². The van der Waals surface area contributed by atoms with Crippen LogP contribution in [0.25, 0.3) is 22.3 Å². The molecule has 0 aliphatic carbocycles. The van der Waals surface area contributed by atoms with Gasteiger partial charge in [-0.3, -0.25) is 4.79 Å². The van der Waals surface area contributed by atoms with E-state index in [2.05, 4.69) is 4.98 Å². The lowest BCUT2D eigenvalue weighted by atomic mass is 10.1. The van der Waals surface area contributed by atoms with Crippen LogP contribution in [-0.2, 0) is 6.61 Å². The van der Waals surface area contributed by atoms with Crippen LogP contribution in [0.15, 0.2) is 63.9 Å². The molecule has 4 rings (SSSR count). The summed E-state index contributed by atoms with van der Waals surface area (Å²) in [7, 11) is 0. The first-order chi connectivity index (χ1) is 12.6. The summed E-state index contributed by atoms with van der Waals surface area (Å²) in [5, 5.41) is 0.914. The zero-order valence-corrected chi connectivity index (χ0v) is 15.6. The quantitative estimate of drug-likeness (QED) is 0.431. The average Bonchev–Trinajstić information content (AvgIpc) is 3.07. The molecule has 2 heterocycles. The maximum absolute atomic E-state index is 13.0. The number of nitrogens with zero attached hydrogens (tertiary/aromatic N) is 1. The van der Waals surface area contributed by atoms with Gasteiger partial charge in [0, 0.05) is 11.8 Å². The third-order valence-corrected chi connectivity index (χ3v) is 5.18. The first kappa shape index (κ1) is 17.1. The van der Waals surface area contributed by atoms with Crippen LogP contribution in [-0.4, -0.2) is 4.98 Å². The van der Waals surface area contributed by atoms with Gasteiger partial charge in [-0.15, -0.1) is 11.3 Å². The second-order valence-corrected chi connectivity index (χ2v) is 7.54. The maximum atomic E-state index is 13.0. The van der Waals surface area contributed by atoms with E-state index in [4.69, 9.17) is 32.4 Å². The third-order valence-electron chi connectivity index (χ3n) is 3.76. The van der Waals surface area contributed by atoms with Crippen molar-refractivity contribution in [2.75, 3.05) is 0 Å². The molecule has 26 heavy (non-hydrogen) atoms. The van der Waals surface area contributed by atoms with Gasteiger partial charge in [0.1, 0.15) is 12.2 Å². The van der Waals surface area contributed by atoms with E-state index >= 15 is 0 Å². The Morgan fingerprint density at radius 3 is 2.62 bits per heavy atom. The van der Waals surface area contributed by atoms with Crippen molar-refractivity contribution in [3.05, 3.63) is 79.3 Å². The van der Waals surface area contributed by atoms with Crippen LogP contribution in [0.3, 0.4) is 0 Å². The summed E-state index contributed by atoms with van der Waals surface area (Å²) < 4.78 is 12.2. The SMILES string of the molecule is O=c1c(OCc2cnc(Cl)s2)c(-c2ccccc2Cl)oc2ccccc12. The van der Waals surface area contributed by atoms with E-state index in [9.17, 15) is 4.79 Å². The molecule has 0 N–H and O–H groups in total. The standard InChI is InChI=1S/C19H11Cl2NO3S/c20-14-7-3-1-5-12(14)17-18(24-10-11-9-22-19(21)26-11)16(23)13-6-2-4-8-15(13)25-17/h1-9H,10H2. The van der Waals surface area contributed by atoms with Crippen molar-refractivity contribution in [3.8, 4) is 17.1 Å². The van der Waals surface area contributed by atoms with Crippen molar-refractivity contribution < 1.29 is 9.15 Å². The van der Waals surface area contributed by atoms with Crippen molar-refractivity contribution in [1.29, 1.82) is 0 Å². The van der Waals surface area contributed by atoms with E-state index in [1.807, 2.05) is 18.2 Å². The molecule has 0 spiro atoms. The van der Waals surface area contributed by atoms with E-state index in [1.54, 1.807) is 36.5 Å². The summed E-state index contributed by atoms with van der Waals surface area (Å²) in [5.41, 5.74) is 0.812. The predicted octanol–water partition coefficient (Wildman–Crippen LogP) is 5.80. The molecular weight excluding hydrogens is 393 g/mol. The summed E-state index contributed by atoms with van der Waals surface area (Å²) in [4.78, 5) is 17.8. The van der Waals surface area contributed by atoms with Gasteiger partial charge in [0.15, 0.2) is 10.2 Å². The maximum Gasteiger partial charge on any atom is 0.235 e. The number of para-hydroxylation sites is 1. The smallest absolute Gasteiger partial charge is 0.235 e. The minimum absolute atomic E-state index is 0.112. The van der Waals surface area contributed by atoms with Crippen molar-refractivity contribution in [2.45, 2.75) is 6.61 Å². The minimum atomic E-state index is -0.252. The van der Waals surface area contributed by atoms with Crippen molar-refractivity contribution in [2.24, 2.45) is 0 Å². The van der Waals surface area contributed by atoms with E-state index in [0.29, 0.717) is 31.8 Å². The van der Waals surface area contributed by atoms with Gasteiger partial charge in [-0.05, 0) is 24.3 Å². The average molecular weight is 404 g/mol. The lowest BCUT2D eigenvalue weighted by Crippen LogP contribution is -2.10. The molecule has 0 saturated carbocycles. The lowest BCUT2D eigenvalue weighted by Gasteiger charge is -2.12. The molecule has 130 valence electrons. The number of thiazole rings is 1. The van der Waals surface area contributed by atoms with Crippen LogP contribution in [0.4, 0.5) is 0 Å². The number of ether oxygens (including phenoxy) is 1. The van der Waals surface area contributed by atoms with Crippen LogP contribution >= 0.6 is 34.5 Å². The Morgan fingerprint density at radius 2 is 1.85 bits per heavy atom. The zero-order chi connectivity index (χ0) is 18.1. The monoisotopic (exact) mass is 403 g/mol. The number of rotatable bonds is 4. The van der Waals surface area contributed by atoms with Gasteiger partial charge in [-0.1, -0.05) is 47.5 Å². The van der Waals surface area contributed by atoms with Gasteiger partial charge in [-0.2, -0.15) is 0 Å². The molecule has 0 atom stereocenters. The Balaban J connectivity index is 1.88. The van der Waals surface area contributed by atoms with Gasteiger partial charge < -0.3 is 9.15 Å². The molecule has 0 fully saturated rings. The first-order valence-electron chi connectivity index (χ1n) is 7.67. The number of fused-ring (bicyclic) bond motifs is 1. The van der Waals surface area contributed by atoms with Gasteiger partial charge in [0.25, 0.3) is 0 Å². The predicted molar refractivity (Wildman–Crippen MR) is 104 cm³/mol. The van der Waals surface area contributed by atoms with Crippen molar-refractivity contribution >= 4 is 45.5 Å². The molecule has 0 saturated heterocycles. The van der Waals surface area contributed by atoms with Crippen molar-refractivity contribution in [1.82, 2.24) is 4.98 Å². The normalized spacial score (nSPS) is 11.0. The topological polar surface area (TPSA) is 52.3 Å². The van der Waals surface area contributed by atoms with Gasteiger partial charge in [0.2, 0.25) is 11.2 Å². The summed E-state index contributed by atoms with van der Waals surface area (Å²) in [6, 6.07) is 14.2. The Kier molecular flexibility index (Phi) is 4.68. The van der Waals surface area contributed by atoms with Crippen LogP contribution in [0.5, 0.6) is 5.75 Å². The number of benzene rings is 2. The Bertz CT molecular complexity index is 1150. The number of aromatic nitrogens is 1. The summed E-state index contributed by atoms with van der Waals surface area (Å²) in [6.45, 7) is 0.158. The lowest BCUT2D eigenvalue weighted by molar-refractivity contribution is 0.301. The zero-order valence-electron chi connectivity index (χ0n) is 13.2. The second-order valence-electron chi connectivity index (χ2n) is 5.43. The van der Waals surface area contributed by atoms with Gasteiger partial charge >= 0.3 is 0 Å². The highest BCUT2D eigenvalue weighted by atomic mass is 35.5. The van der Waals surface area contributed by atoms with Crippen LogP contribution < -0.4 is 10.2 Å². The molecule has 0 radical (unpaired) electrons. The number of halogens is 2. The Hall–Kier alpha value is -2.34. The molecule has 4 nitrogen and oxygen atoms in total. The molecule has 0 amide bonds. The van der Waals surface area contributed by atoms with Crippen LogP contribution in [0.2, 0.25) is 9.49 Å². The van der Waals surface area contributed by atoms with E-state index < -0.39 is 0 Å². The Labute approximate surface area is 162 Å². The summed E-state index contributed by atoms with van der Waals surface area (Å²) >= 11 is 13.5. The van der Waals surface area contributed by atoms with E-state index in [0.717, 1.165) is 4.88 Å².